The molecule has 7 heteroatoms. The quantitative estimate of drug-likeness (QED) is 0.328. The molecule has 0 saturated heterocycles. The van der Waals surface area contributed by atoms with Gasteiger partial charge in [0.1, 0.15) is 5.84 Å². The highest BCUT2D eigenvalue weighted by atomic mass is 15.4. The second kappa shape index (κ2) is 7.32. The summed E-state index contributed by atoms with van der Waals surface area (Å²) in [6.45, 7) is 4.04. The van der Waals surface area contributed by atoms with Crippen LogP contribution in [-0.2, 0) is 13.0 Å². The number of aromatic nitrogens is 1. The van der Waals surface area contributed by atoms with Crippen molar-refractivity contribution >= 4 is 11.8 Å². The van der Waals surface area contributed by atoms with Gasteiger partial charge in [-0.05, 0) is 25.5 Å². The van der Waals surface area contributed by atoms with Gasteiger partial charge in [0.25, 0.3) is 0 Å². The molecule has 1 atom stereocenters. The summed E-state index contributed by atoms with van der Waals surface area (Å²) in [5.41, 5.74) is 21.2. The molecule has 1 rings (SSSR count). The Morgan fingerprint density at radius 3 is 2.68 bits per heavy atom. The molecule has 0 aromatic carbocycles. The predicted octanol–water partition coefficient (Wildman–Crippen LogP) is -0.332. The van der Waals surface area contributed by atoms with Gasteiger partial charge in [-0.25, -0.2) is 10.4 Å². The Morgan fingerprint density at radius 1 is 1.42 bits per heavy atom. The van der Waals surface area contributed by atoms with Crippen molar-refractivity contribution in [2.45, 2.75) is 32.9 Å². The molecule has 0 bridgehead atoms. The van der Waals surface area contributed by atoms with Crippen LogP contribution in [0.15, 0.2) is 28.4 Å². The molecule has 7 nitrogen and oxygen atoms in total. The zero-order valence-electron chi connectivity index (χ0n) is 11.3. The molecule has 0 aliphatic carbocycles. The lowest BCUT2D eigenvalue weighted by Gasteiger charge is -2.05. The first-order chi connectivity index (χ1) is 8.97. The number of hydrogen-bond donors (Lipinski definition) is 4. The molecular weight excluding hydrogens is 242 g/mol. The molecular formula is C12H21N7. The minimum absolute atomic E-state index is 0.105. The van der Waals surface area contributed by atoms with Crippen molar-refractivity contribution in [2.75, 3.05) is 0 Å². The summed E-state index contributed by atoms with van der Waals surface area (Å²) >= 11 is 0. The molecule has 0 spiro atoms. The third-order valence-corrected chi connectivity index (χ3v) is 2.20. The van der Waals surface area contributed by atoms with Crippen LogP contribution in [0.1, 0.15) is 25.1 Å². The Bertz CT molecular complexity index is 444. The minimum atomic E-state index is 0.105. The molecule has 19 heavy (non-hydrogen) atoms. The largest absolute Gasteiger partial charge is 0.386 e. The highest BCUT2D eigenvalue weighted by molar-refractivity contribution is 5.82. The molecule has 1 heterocycles. The molecule has 0 aliphatic heterocycles. The molecule has 0 aliphatic rings. The molecule has 1 unspecified atom stereocenters. The first kappa shape index (κ1) is 14.9. The van der Waals surface area contributed by atoms with Gasteiger partial charge in [-0.3, -0.25) is 4.98 Å². The van der Waals surface area contributed by atoms with Crippen LogP contribution in [0.25, 0.3) is 0 Å². The third kappa shape index (κ3) is 6.37. The summed E-state index contributed by atoms with van der Waals surface area (Å²) in [5, 5.41) is 3.74. The first-order valence-electron chi connectivity index (χ1n) is 6.02. The van der Waals surface area contributed by atoms with Crippen LogP contribution in [0.5, 0.6) is 0 Å². The number of pyridine rings is 1. The molecule has 0 radical (unpaired) electrons. The van der Waals surface area contributed by atoms with E-state index < -0.39 is 0 Å². The second-order valence-corrected chi connectivity index (χ2v) is 4.41. The number of nitrogens with one attached hydrogen (secondary N) is 1. The van der Waals surface area contributed by atoms with Crippen molar-refractivity contribution in [1.29, 1.82) is 0 Å². The number of hydrazone groups is 1. The van der Waals surface area contributed by atoms with Crippen molar-refractivity contribution in [3.05, 3.63) is 29.6 Å². The Balaban J connectivity index is 2.53. The van der Waals surface area contributed by atoms with E-state index in [1.165, 1.54) is 0 Å². The number of aliphatic imine (C=N–C) groups is 1. The van der Waals surface area contributed by atoms with Crippen LogP contribution >= 0.6 is 0 Å². The fraction of sp³-hybridized carbons (Fsp3) is 0.417. The van der Waals surface area contributed by atoms with Crippen molar-refractivity contribution in [2.24, 2.45) is 27.3 Å². The van der Waals surface area contributed by atoms with Gasteiger partial charge in [0, 0.05) is 24.4 Å². The van der Waals surface area contributed by atoms with Crippen LogP contribution in [0.3, 0.4) is 0 Å². The topological polar surface area (TPSA) is 128 Å². The Morgan fingerprint density at radius 2 is 2.16 bits per heavy atom. The Hall–Kier alpha value is -2.15. The van der Waals surface area contributed by atoms with E-state index in [1.54, 1.807) is 13.1 Å². The van der Waals surface area contributed by atoms with Gasteiger partial charge in [0.15, 0.2) is 0 Å². The van der Waals surface area contributed by atoms with Crippen LogP contribution < -0.4 is 22.6 Å². The van der Waals surface area contributed by atoms with E-state index in [2.05, 4.69) is 20.5 Å². The summed E-state index contributed by atoms with van der Waals surface area (Å²) in [5.74, 6) is 0.601. The lowest BCUT2D eigenvalue weighted by atomic mass is 10.1. The van der Waals surface area contributed by atoms with Crippen LogP contribution in [0.2, 0.25) is 0 Å². The molecule has 0 fully saturated rings. The van der Waals surface area contributed by atoms with Crippen LogP contribution in [0.4, 0.5) is 0 Å². The van der Waals surface area contributed by atoms with E-state index in [0.717, 1.165) is 17.7 Å². The maximum absolute atomic E-state index is 5.71. The molecule has 7 N–H and O–H groups in total. The van der Waals surface area contributed by atoms with Crippen molar-refractivity contribution in [3.63, 3.8) is 0 Å². The van der Waals surface area contributed by atoms with E-state index >= 15 is 0 Å². The molecule has 1 aromatic rings. The van der Waals surface area contributed by atoms with Crippen LogP contribution in [-0.4, -0.2) is 22.8 Å². The fourth-order valence-electron chi connectivity index (χ4n) is 1.36. The van der Waals surface area contributed by atoms with Crippen LogP contribution in [0, 0.1) is 0 Å². The lowest BCUT2D eigenvalue weighted by molar-refractivity contribution is 0.721. The van der Waals surface area contributed by atoms with Crippen molar-refractivity contribution in [1.82, 2.24) is 10.4 Å². The molecule has 0 amide bonds. The third-order valence-electron chi connectivity index (χ3n) is 2.20. The second-order valence-electron chi connectivity index (χ2n) is 4.41. The smallest absolute Gasteiger partial charge is 0.209 e. The summed E-state index contributed by atoms with van der Waals surface area (Å²) in [7, 11) is 0. The zero-order chi connectivity index (χ0) is 14.3. The Kier molecular flexibility index (Phi) is 5.74. The zero-order valence-corrected chi connectivity index (χ0v) is 11.3. The number of guanidine groups is 1. The molecule has 0 saturated carbocycles. The average Bonchev–Trinajstić information content (AvgIpc) is 2.35. The van der Waals surface area contributed by atoms with Gasteiger partial charge < -0.3 is 17.2 Å². The number of nitrogens with two attached hydrogens (primary N) is 3. The highest BCUT2D eigenvalue weighted by Gasteiger charge is 1.99. The Labute approximate surface area is 113 Å². The van der Waals surface area contributed by atoms with Crippen molar-refractivity contribution < 1.29 is 0 Å². The number of nitrogens with zero attached hydrogens (tertiary/aromatic N) is 3. The summed E-state index contributed by atoms with van der Waals surface area (Å²) in [6, 6.07) is 4.01. The SMILES string of the molecule is C/C(N)=N/NC(N)=NCc1ccc(CC(C)N)nc1. The predicted molar refractivity (Wildman–Crippen MR) is 77.3 cm³/mol. The average molecular weight is 263 g/mol. The van der Waals surface area contributed by atoms with Gasteiger partial charge in [-0.2, -0.15) is 5.10 Å². The number of rotatable bonds is 5. The van der Waals surface area contributed by atoms with E-state index in [1.807, 2.05) is 19.1 Å². The van der Waals surface area contributed by atoms with E-state index in [4.69, 9.17) is 17.2 Å². The monoisotopic (exact) mass is 263 g/mol. The van der Waals surface area contributed by atoms with Gasteiger partial charge in [0.05, 0.1) is 6.54 Å². The van der Waals surface area contributed by atoms with Gasteiger partial charge in [-0.15, -0.1) is 0 Å². The summed E-state index contributed by atoms with van der Waals surface area (Å²) in [4.78, 5) is 8.43. The lowest BCUT2D eigenvalue weighted by Crippen LogP contribution is -2.29. The normalized spacial score (nSPS) is 14.3. The highest BCUT2D eigenvalue weighted by Crippen LogP contribution is 2.03. The maximum atomic E-state index is 5.71. The summed E-state index contributed by atoms with van der Waals surface area (Å²) < 4.78 is 0. The number of amidine groups is 1. The fourth-order valence-corrected chi connectivity index (χ4v) is 1.36. The standard InChI is InChI=1S/C12H21N7/c1-8(13)5-11-4-3-10(6-16-11)7-17-12(15)19-18-9(2)14/h3-4,6,8H,5,7,13H2,1-2H3,(H2,14,18)(H3,15,17,19). The van der Waals surface area contributed by atoms with Crippen molar-refractivity contribution in [3.8, 4) is 0 Å². The van der Waals surface area contributed by atoms with Gasteiger partial charge in [-0.1, -0.05) is 6.07 Å². The molecule has 1 aromatic heterocycles. The van der Waals surface area contributed by atoms with E-state index in [9.17, 15) is 0 Å². The minimum Gasteiger partial charge on any atom is -0.386 e. The van der Waals surface area contributed by atoms with Gasteiger partial charge in [0.2, 0.25) is 5.96 Å². The van der Waals surface area contributed by atoms with E-state index in [-0.39, 0.29) is 12.0 Å². The van der Waals surface area contributed by atoms with E-state index in [0.29, 0.717) is 12.4 Å². The maximum Gasteiger partial charge on any atom is 0.209 e. The summed E-state index contributed by atoms with van der Waals surface area (Å²) in [6.07, 6.45) is 2.53. The number of hydrogen-bond acceptors (Lipinski definition) is 4. The van der Waals surface area contributed by atoms with Gasteiger partial charge >= 0.3 is 0 Å². The molecule has 104 valence electrons. The first-order valence-corrected chi connectivity index (χ1v) is 6.02.